The SMILES string of the molecule is CN1CCCN(c2ccc(-c3cc(-c4cc(C#N)c(N5CCNCC5)[nH]4)ccn3)cn2)CC1.O=C(O)C(F)(F)F. The normalized spacial score (nSPS) is 16.5. The van der Waals surface area contributed by atoms with Crippen LogP contribution in [-0.4, -0.2) is 96.5 Å². The van der Waals surface area contributed by atoms with E-state index in [1.807, 2.05) is 24.5 Å². The minimum atomic E-state index is -5.08. The van der Waals surface area contributed by atoms with Gasteiger partial charge in [-0.15, -0.1) is 0 Å². The molecule has 212 valence electrons. The van der Waals surface area contributed by atoms with E-state index in [0.717, 1.165) is 92.9 Å². The van der Waals surface area contributed by atoms with Crippen molar-refractivity contribution >= 4 is 17.6 Å². The molecule has 40 heavy (non-hydrogen) atoms. The van der Waals surface area contributed by atoms with Crippen LogP contribution in [0.1, 0.15) is 12.0 Å². The molecular weight excluding hydrogens is 525 g/mol. The molecule has 13 heteroatoms. The fourth-order valence-corrected chi connectivity index (χ4v) is 4.58. The number of alkyl halides is 3. The lowest BCUT2D eigenvalue weighted by Gasteiger charge is -2.28. The zero-order chi connectivity index (χ0) is 28.7. The summed E-state index contributed by atoms with van der Waals surface area (Å²) in [6, 6.07) is 12.5. The third kappa shape index (κ3) is 7.28. The van der Waals surface area contributed by atoms with E-state index in [2.05, 4.69) is 61.3 Å². The van der Waals surface area contributed by atoms with Crippen molar-refractivity contribution in [1.82, 2.24) is 25.2 Å². The summed E-state index contributed by atoms with van der Waals surface area (Å²) in [5.74, 6) is -0.831. The Morgan fingerprint density at radius 3 is 2.40 bits per heavy atom. The van der Waals surface area contributed by atoms with Gasteiger partial charge in [0.2, 0.25) is 0 Å². The number of aromatic amines is 1. The van der Waals surface area contributed by atoms with Gasteiger partial charge >= 0.3 is 12.1 Å². The Morgan fingerprint density at radius 2 is 1.75 bits per heavy atom. The lowest BCUT2D eigenvalue weighted by atomic mass is 10.1. The summed E-state index contributed by atoms with van der Waals surface area (Å²) in [6.07, 6.45) is -0.196. The van der Waals surface area contributed by atoms with Crippen LogP contribution in [0.2, 0.25) is 0 Å². The molecule has 0 radical (unpaired) electrons. The fraction of sp³-hybridized carbons (Fsp3) is 0.407. The molecule has 2 saturated heterocycles. The van der Waals surface area contributed by atoms with Gasteiger partial charge in [-0.05, 0) is 50.3 Å². The first-order valence-corrected chi connectivity index (χ1v) is 12.9. The molecule has 0 aromatic carbocycles. The number of aromatic nitrogens is 3. The number of likely N-dealkylation sites (N-methyl/N-ethyl adjacent to an activating group) is 1. The smallest absolute Gasteiger partial charge is 0.475 e. The van der Waals surface area contributed by atoms with E-state index in [1.165, 1.54) is 0 Å². The van der Waals surface area contributed by atoms with Gasteiger partial charge in [0, 0.05) is 75.0 Å². The maximum absolute atomic E-state index is 10.6. The first-order chi connectivity index (χ1) is 19.2. The molecule has 3 aromatic rings. The van der Waals surface area contributed by atoms with Crippen LogP contribution in [0.15, 0.2) is 42.7 Å². The summed E-state index contributed by atoms with van der Waals surface area (Å²) in [5, 5.41) is 20.2. The number of rotatable bonds is 4. The lowest BCUT2D eigenvalue weighted by molar-refractivity contribution is -0.192. The average Bonchev–Trinajstić information content (AvgIpc) is 3.28. The Bertz CT molecular complexity index is 1330. The van der Waals surface area contributed by atoms with Crippen molar-refractivity contribution in [2.75, 3.05) is 69.2 Å². The number of halogens is 3. The second-order valence-corrected chi connectivity index (χ2v) is 9.58. The van der Waals surface area contributed by atoms with E-state index < -0.39 is 12.1 Å². The number of hydrogen-bond donors (Lipinski definition) is 3. The zero-order valence-electron chi connectivity index (χ0n) is 22.1. The number of carboxylic acid groups (broad SMARTS) is 1. The molecule has 2 fully saturated rings. The maximum Gasteiger partial charge on any atom is 0.490 e. The number of nitriles is 1. The first kappa shape index (κ1) is 28.8. The average molecular weight is 557 g/mol. The van der Waals surface area contributed by atoms with E-state index in [0.29, 0.717) is 5.56 Å². The monoisotopic (exact) mass is 556 g/mol. The second kappa shape index (κ2) is 12.8. The van der Waals surface area contributed by atoms with Crippen molar-refractivity contribution in [3.05, 3.63) is 48.3 Å². The van der Waals surface area contributed by atoms with Crippen LogP contribution in [0.3, 0.4) is 0 Å². The first-order valence-electron chi connectivity index (χ1n) is 12.9. The quantitative estimate of drug-likeness (QED) is 0.444. The second-order valence-electron chi connectivity index (χ2n) is 9.58. The molecule has 0 aliphatic carbocycles. The van der Waals surface area contributed by atoms with Gasteiger partial charge in [-0.3, -0.25) is 4.98 Å². The molecule has 10 nitrogen and oxygen atoms in total. The summed E-state index contributed by atoms with van der Waals surface area (Å²) in [5.41, 5.74) is 4.49. The van der Waals surface area contributed by atoms with Crippen LogP contribution in [0.5, 0.6) is 0 Å². The Hall–Kier alpha value is -4.15. The fourth-order valence-electron chi connectivity index (χ4n) is 4.58. The lowest BCUT2D eigenvalue weighted by Crippen LogP contribution is -2.44. The molecule has 3 N–H and O–H groups in total. The number of pyridine rings is 2. The van der Waals surface area contributed by atoms with Crippen LogP contribution in [0.4, 0.5) is 24.8 Å². The molecule has 5 heterocycles. The zero-order valence-corrected chi connectivity index (χ0v) is 22.1. The number of piperazine rings is 1. The van der Waals surface area contributed by atoms with E-state index in [1.54, 1.807) is 0 Å². The Balaban J connectivity index is 0.000000470. The predicted molar refractivity (Wildman–Crippen MR) is 145 cm³/mol. The number of carbonyl (C=O) groups is 1. The number of nitrogens with zero attached hydrogens (tertiary/aromatic N) is 6. The molecule has 2 aliphatic rings. The highest BCUT2D eigenvalue weighted by Crippen LogP contribution is 2.30. The summed E-state index contributed by atoms with van der Waals surface area (Å²) in [6.45, 7) is 7.86. The topological polar surface area (TPSA) is 124 Å². The highest BCUT2D eigenvalue weighted by Gasteiger charge is 2.38. The number of anilines is 2. The Kier molecular flexibility index (Phi) is 9.23. The summed E-state index contributed by atoms with van der Waals surface area (Å²) < 4.78 is 31.7. The summed E-state index contributed by atoms with van der Waals surface area (Å²) >= 11 is 0. The minimum Gasteiger partial charge on any atom is -0.475 e. The molecule has 0 atom stereocenters. The van der Waals surface area contributed by atoms with Gasteiger partial charge in [0.25, 0.3) is 0 Å². The number of hydrogen-bond acceptors (Lipinski definition) is 8. The van der Waals surface area contributed by atoms with Gasteiger partial charge < -0.3 is 30.1 Å². The third-order valence-corrected chi connectivity index (χ3v) is 6.75. The van der Waals surface area contributed by atoms with Gasteiger partial charge in [0.05, 0.1) is 11.3 Å². The highest BCUT2D eigenvalue weighted by molar-refractivity contribution is 5.73. The van der Waals surface area contributed by atoms with E-state index >= 15 is 0 Å². The summed E-state index contributed by atoms with van der Waals surface area (Å²) in [7, 11) is 2.18. The molecule has 0 bridgehead atoms. The van der Waals surface area contributed by atoms with Crippen molar-refractivity contribution < 1.29 is 23.1 Å². The van der Waals surface area contributed by atoms with Crippen LogP contribution in [0.25, 0.3) is 22.5 Å². The Morgan fingerprint density at radius 1 is 1.00 bits per heavy atom. The van der Waals surface area contributed by atoms with Gasteiger partial charge in [0.1, 0.15) is 17.7 Å². The summed E-state index contributed by atoms with van der Waals surface area (Å²) in [4.78, 5) is 28.7. The molecule has 0 amide bonds. The standard InChI is InChI=1S/C25H30N8.C2HF3O2/c1-31-9-2-10-32(14-13-31)24-4-3-20(18-29-24)22-15-19(5-6-28-22)23-16-21(17-26)25(30-23)33-11-7-27-8-12-33;3-2(4,5)1(6)7/h3-6,15-16,18,27,30H,2,7-14H2,1H3;(H,6,7). The van der Waals surface area contributed by atoms with Crippen LogP contribution >= 0.6 is 0 Å². The van der Waals surface area contributed by atoms with E-state index in [9.17, 15) is 18.4 Å². The highest BCUT2D eigenvalue weighted by atomic mass is 19.4. The molecule has 0 saturated carbocycles. The van der Waals surface area contributed by atoms with E-state index in [-0.39, 0.29) is 0 Å². The van der Waals surface area contributed by atoms with Gasteiger partial charge in [-0.2, -0.15) is 18.4 Å². The largest absolute Gasteiger partial charge is 0.490 e. The maximum atomic E-state index is 10.6. The number of H-pyrrole nitrogens is 1. The molecule has 0 unspecified atom stereocenters. The van der Waals surface area contributed by atoms with Crippen LogP contribution in [0, 0.1) is 11.3 Å². The van der Waals surface area contributed by atoms with Crippen molar-refractivity contribution in [3.63, 3.8) is 0 Å². The van der Waals surface area contributed by atoms with Crippen molar-refractivity contribution in [1.29, 1.82) is 5.26 Å². The molecule has 5 rings (SSSR count). The molecular formula is C27H31F3N8O2. The molecule has 0 spiro atoms. The van der Waals surface area contributed by atoms with Crippen LogP contribution in [-0.2, 0) is 4.79 Å². The van der Waals surface area contributed by atoms with Crippen molar-refractivity contribution in [2.45, 2.75) is 12.6 Å². The van der Waals surface area contributed by atoms with E-state index in [4.69, 9.17) is 14.9 Å². The van der Waals surface area contributed by atoms with Gasteiger partial charge in [0.15, 0.2) is 0 Å². The number of carboxylic acids is 1. The Labute approximate surface area is 230 Å². The van der Waals surface area contributed by atoms with Gasteiger partial charge in [-0.1, -0.05) is 0 Å². The number of aliphatic carboxylic acids is 1. The number of nitrogens with one attached hydrogen (secondary N) is 2. The van der Waals surface area contributed by atoms with Crippen molar-refractivity contribution in [2.24, 2.45) is 0 Å². The molecule has 2 aliphatic heterocycles. The third-order valence-electron chi connectivity index (χ3n) is 6.75. The van der Waals surface area contributed by atoms with Crippen LogP contribution < -0.4 is 15.1 Å². The minimum absolute atomic E-state index is 0.680. The van der Waals surface area contributed by atoms with Crippen molar-refractivity contribution in [3.8, 4) is 28.6 Å². The van der Waals surface area contributed by atoms with Gasteiger partial charge in [-0.25, -0.2) is 9.78 Å². The molecule has 3 aromatic heterocycles. The predicted octanol–water partition coefficient (Wildman–Crippen LogP) is 3.20.